The van der Waals surface area contributed by atoms with Crippen LogP contribution >= 0.6 is 0 Å². The summed E-state index contributed by atoms with van der Waals surface area (Å²) in [6, 6.07) is 4.93. The molecule has 2 rings (SSSR count). The molecule has 23 heavy (non-hydrogen) atoms. The van der Waals surface area contributed by atoms with E-state index in [2.05, 4.69) is 15.5 Å². The molecular weight excluding hydrogens is 316 g/mol. The highest BCUT2D eigenvalue weighted by molar-refractivity contribution is 7.89. The van der Waals surface area contributed by atoms with Crippen molar-refractivity contribution in [2.75, 3.05) is 12.4 Å². The van der Waals surface area contributed by atoms with Gasteiger partial charge in [0.2, 0.25) is 15.9 Å². The lowest BCUT2D eigenvalue weighted by Gasteiger charge is -2.21. The third-order valence-electron chi connectivity index (χ3n) is 3.62. The average molecular weight is 338 g/mol. The summed E-state index contributed by atoms with van der Waals surface area (Å²) < 4.78 is 31.4. The molecule has 0 aliphatic heterocycles. The summed E-state index contributed by atoms with van der Waals surface area (Å²) in [5, 5.41) is 6.96. The van der Waals surface area contributed by atoms with Gasteiger partial charge in [-0.2, -0.15) is 9.29 Å². The van der Waals surface area contributed by atoms with Gasteiger partial charge in [0.15, 0.2) is 5.82 Å². The second-order valence-corrected chi connectivity index (χ2v) is 7.67. The SMILES string of the molecule is Cc1nc(CNc2cc(S(=O)(=O)N(C)C(C)C)ccc2C)no1. The molecule has 1 N–H and O–H groups in total. The minimum absolute atomic E-state index is 0.111. The molecule has 0 atom stereocenters. The van der Waals surface area contributed by atoms with Crippen LogP contribution in [0, 0.1) is 13.8 Å². The molecule has 0 amide bonds. The molecule has 1 aromatic heterocycles. The van der Waals surface area contributed by atoms with E-state index in [1.807, 2.05) is 20.8 Å². The summed E-state index contributed by atoms with van der Waals surface area (Å²) in [6.07, 6.45) is 0. The van der Waals surface area contributed by atoms with E-state index in [1.54, 1.807) is 32.2 Å². The lowest BCUT2D eigenvalue weighted by Crippen LogP contribution is -2.33. The van der Waals surface area contributed by atoms with Crippen LogP contribution in [0.1, 0.15) is 31.1 Å². The van der Waals surface area contributed by atoms with Gasteiger partial charge < -0.3 is 9.84 Å². The fourth-order valence-corrected chi connectivity index (χ4v) is 3.38. The van der Waals surface area contributed by atoms with E-state index >= 15 is 0 Å². The zero-order valence-electron chi connectivity index (χ0n) is 14.0. The van der Waals surface area contributed by atoms with Gasteiger partial charge >= 0.3 is 0 Å². The van der Waals surface area contributed by atoms with Crippen molar-refractivity contribution >= 4 is 15.7 Å². The van der Waals surface area contributed by atoms with Gasteiger partial charge in [-0.3, -0.25) is 0 Å². The number of aryl methyl sites for hydroxylation is 2. The molecule has 0 bridgehead atoms. The van der Waals surface area contributed by atoms with Gasteiger partial charge in [-0.1, -0.05) is 11.2 Å². The lowest BCUT2D eigenvalue weighted by molar-refractivity contribution is 0.388. The van der Waals surface area contributed by atoms with E-state index < -0.39 is 10.0 Å². The molecule has 2 aromatic rings. The van der Waals surface area contributed by atoms with E-state index in [1.165, 1.54) is 4.31 Å². The molecule has 0 aliphatic carbocycles. The first kappa shape index (κ1) is 17.4. The number of aromatic nitrogens is 2. The average Bonchev–Trinajstić information content (AvgIpc) is 2.90. The Morgan fingerprint density at radius 2 is 2.00 bits per heavy atom. The molecule has 0 saturated heterocycles. The van der Waals surface area contributed by atoms with Crippen molar-refractivity contribution in [3.8, 4) is 0 Å². The van der Waals surface area contributed by atoms with Gasteiger partial charge in [-0.05, 0) is 38.5 Å². The van der Waals surface area contributed by atoms with Crippen LogP contribution in [0.15, 0.2) is 27.6 Å². The quantitative estimate of drug-likeness (QED) is 0.869. The van der Waals surface area contributed by atoms with Crippen LogP contribution in [-0.2, 0) is 16.6 Å². The molecule has 0 unspecified atom stereocenters. The topological polar surface area (TPSA) is 88.3 Å². The maximum atomic E-state index is 12.6. The third kappa shape index (κ3) is 3.89. The molecule has 0 aliphatic rings. The van der Waals surface area contributed by atoms with Crippen LogP contribution in [0.5, 0.6) is 0 Å². The highest BCUT2D eigenvalue weighted by Gasteiger charge is 2.23. The molecule has 7 nitrogen and oxygen atoms in total. The van der Waals surface area contributed by atoms with E-state index in [4.69, 9.17) is 4.52 Å². The number of nitrogens with one attached hydrogen (secondary N) is 1. The number of benzene rings is 1. The van der Waals surface area contributed by atoms with Gasteiger partial charge in [-0.25, -0.2) is 8.42 Å². The third-order valence-corrected chi connectivity index (χ3v) is 5.65. The summed E-state index contributed by atoms with van der Waals surface area (Å²) in [6.45, 7) is 7.66. The highest BCUT2D eigenvalue weighted by atomic mass is 32.2. The summed E-state index contributed by atoms with van der Waals surface area (Å²) in [7, 11) is -1.93. The van der Waals surface area contributed by atoms with E-state index in [0.717, 1.165) is 11.3 Å². The van der Waals surface area contributed by atoms with Gasteiger partial charge in [0.05, 0.1) is 11.4 Å². The minimum Gasteiger partial charge on any atom is -0.377 e. The number of sulfonamides is 1. The van der Waals surface area contributed by atoms with Gasteiger partial charge in [0.1, 0.15) is 0 Å². The monoisotopic (exact) mass is 338 g/mol. The zero-order chi connectivity index (χ0) is 17.2. The second kappa shape index (κ2) is 6.67. The largest absolute Gasteiger partial charge is 0.377 e. The van der Waals surface area contributed by atoms with Crippen molar-refractivity contribution in [2.45, 2.75) is 45.2 Å². The van der Waals surface area contributed by atoms with Crippen molar-refractivity contribution in [1.82, 2.24) is 14.4 Å². The molecule has 126 valence electrons. The first-order chi connectivity index (χ1) is 10.7. The standard InChI is InChI=1S/C15H22N4O3S/c1-10(2)19(5)23(20,21)13-7-6-11(3)14(8-13)16-9-15-17-12(4)22-18-15/h6-8,10,16H,9H2,1-5H3. The predicted octanol–water partition coefficient (Wildman–Crippen LogP) is 2.33. The van der Waals surface area contributed by atoms with Gasteiger partial charge in [-0.15, -0.1) is 0 Å². The first-order valence-corrected chi connectivity index (χ1v) is 8.77. The van der Waals surface area contributed by atoms with E-state index in [0.29, 0.717) is 18.3 Å². The number of hydrogen-bond acceptors (Lipinski definition) is 6. The predicted molar refractivity (Wildman–Crippen MR) is 87.6 cm³/mol. The molecule has 1 heterocycles. The molecule has 0 radical (unpaired) electrons. The molecule has 0 saturated carbocycles. The van der Waals surface area contributed by atoms with Crippen molar-refractivity contribution in [2.24, 2.45) is 0 Å². The van der Waals surface area contributed by atoms with Crippen molar-refractivity contribution in [1.29, 1.82) is 0 Å². The van der Waals surface area contributed by atoms with Crippen LogP contribution < -0.4 is 5.32 Å². The van der Waals surface area contributed by atoms with Crippen LogP contribution in [0.4, 0.5) is 5.69 Å². The Morgan fingerprint density at radius 3 is 2.57 bits per heavy atom. The van der Waals surface area contributed by atoms with Crippen molar-refractivity contribution in [3.63, 3.8) is 0 Å². The summed E-state index contributed by atoms with van der Waals surface area (Å²) in [5.41, 5.74) is 1.67. The second-order valence-electron chi connectivity index (χ2n) is 5.67. The van der Waals surface area contributed by atoms with Crippen LogP contribution in [-0.4, -0.2) is 36.0 Å². The fourth-order valence-electron chi connectivity index (χ4n) is 1.98. The number of anilines is 1. The maximum absolute atomic E-state index is 12.6. The molecule has 0 spiro atoms. The summed E-state index contributed by atoms with van der Waals surface area (Å²) in [4.78, 5) is 4.37. The Morgan fingerprint density at radius 1 is 1.30 bits per heavy atom. The minimum atomic E-state index is -3.51. The Kier molecular flexibility index (Phi) is 5.06. The van der Waals surface area contributed by atoms with Crippen LogP contribution in [0.25, 0.3) is 0 Å². The Labute approximate surface area is 136 Å². The smallest absolute Gasteiger partial charge is 0.243 e. The number of hydrogen-bond donors (Lipinski definition) is 1. The Bertz CT molecular complexity index is 784. The number of rotatable bonds is 6. The summed E-state index contributed by atoms with van der Waals surface area (Å²) in [5.74, 6) is 1.02. The van der Waals surface area contributed by atoms with Gasteiger partial charge in [0.25, 0.3) is 0 Å². The molecular formula is C15H22N4O3S. The Hall–Kier alpha value is -1.93. The maximum Gasteiger partial charge on any atom is 0.243 e. The Balaban J connectivity index is 2.25. The lowest BCUT2D eigenvalue weighted by atomic mass is 10.2. The first-order valence-electron chi connectivity index (χ1n) is 7.33. The highest BCUT2D eigenvalue weighted by Crippen LogP contribution is 2.23. The normalized spacial score (nSPS) is 12.1. The molecule has 1 aromatic carbocycles. The zero-order valence-corrected chi connectivity index (χ0v) is 14.8. The molecule has 8 heteroatoms. The summed E-state index contributed by atoms with van der Waals surface area (Å²) >= 11 is 0. The van der Waals surface area contributed by atoms with Crippen molar-refractivity contribution < 1.29 is 12.9 Å². The molecule has 0 fully saturated rings. The van der Waals surface area contributed by atoms with Crippen LogP contribution in [0.2, 0.25) is 0 Å². The number of nitrogens with zero attached hydrogens (tertiary/aromatic N) is 3. The van der Waals surface area contributed by atoms with E-state index in [-0.39, 0.29) is 10.9 Å². The fraction of sp³-hybridized carbons (Fsp3) is 0.467. The van der Waals surface area contributed by atoms with E-state index in [9.17, 15) is 8.42 Å². The van der Waals surface area contributed by atoms with Crippen LogP contribution in [0.3, 0.4) is 0 Å². The van der Waals surface area contributed by atoms with Gasteiger partial charge in [0, 0.05) is 25.7 Å². The van der Waals surface area contributed by atoms with Crippen molar-refractivity contribution in [3.05, 3.63) is 35.5 Å².